The number of hydrogen-bond acceptors (Lipinski definition) is 3. The summed E-state index contributed by atoms with van der Waals surface area (Å²) >= 11 is 0. The van der Waals surface area contributed by atoms with Crippen LogP contribution in [0, 0.1) is 0 Å². The van der Waals surface area contributed by atoms with Gasteiger partial charge in [-0.05, 0) is 78.8 Å². The fraction of sp³-hybridized carbons (Fsp3) is 0.250. The van der Waals surface area contributed by atoms with Crippen LogP contribution in [0.5, 0.6) is 5.75 Å². The average molecular weight is 372 g/mol. The van der Waals surface area contributed by atoms with E-state index in [4.69, 9.17) is 4.74 Å². The van der Waals surface area contributed by atoms with Gasteiger partial charge in [-0.2, -0.15) is 0 Å². The lowest BCUT2D eigenvalue weighted by Gasteiger charge is -2.16. The number of amides is 1. The van der Waals surface area contributed by atoms with Crippen LogP contribution in [-0.2, 0) is 26.0 Å². The predicted octanol–water partition coefficient (Wildman–Crippen LogP) is 4.47. The summed E-state index contributed by atoms with van der Waals surface area (Å²) in [5.74, 6) is 0.736. The van der Waals surface area contributed by atoms with E-state index in [1.807, 2.05) is 48.5 Å². The monoisotopic (exact) mass is 372 g/mol. The Hall–Kier alpha value is -3.14. The lowest BCUT2D eigenvalue weighted by molar-refractivity contribution is 0.0950. The van der Waals surface area contributed by atoms with E-state index in [0.29, 0.717) is 13.2 Å². The third kappa shape index (κ3) is 4.58. The molecule has 28 heavy (non-hydrogen) atoms. The third-order valence-corrected chi connectivity index (χ3v) is 5.08. The Bertz CT molecular complexity index is 954. The largest absolute Gasteiger partial charge is 0.487 e. The maximum absolute atomic E-state index is 12.5. The van der Waals surface area contributed by atoms with Crippen LogP contribution in [0.15, 0.2) is 66.9 Å². The maximum atomic E-state index is 12.5. The maximum Gasteiger partial charge on any atom is 0.251 e. The van der Waals surface area contributed by atoms with Gasteiger partial charge in [0.1, 0.15) is 12.4 Å². The van der Waals surface area contributed by atoms with E-state index in [-0.39, 0.29) is 5.91 Å². The van der Waals surface area contributed by atoms with Gasteiger partial charge in [0, 0.05) is 18.3 Å². The van der Waals surface area contributed by atoms with Crippen LogP contribution in [0.2, 0.25) is 0 Å². The van der Waals surface area contributed by atoms with Gasteiger partial charge in [0.25, 0.3) is 5.91 Å². The molecule has 1 heterocycles. The highest BCUT2D eigenvalue weighted by Crippen LogP contribution is 2.22. The van der Waals surface area contributed by atoms with Gasteiger partial charge in [0.05, 0.1) is 5.69 Å². The average Bonchev–Trinajstić information content (AvgIpc) is 2.77. The van der Waals surface area contributed by atoms with Gasteiger partial charge in [-0.25, -0.2) is 0 Å². The van der Waals surface area contributed by atoms with E-state index < -0.39 is 0 Å². The second kappa shape index (κ2) is 8.70. The number of carbonyl (C=O) groups is 1. The topological polar surface area (TPSA) is 51.2 Å². The zero-order valence-electron chi connectivity index (χ0n) is 15.9. The lowest BCUT2D eigenvalue weighted by Crippen LogP contribution is -2.23. The predicted molar refractivity (Wildman–Crippen MR) is 109 cm³/mol. The number of benzene rings is 2. The molecule has 4 rings (SSSR count). The Morgan fingerprint density at radius 2 is 1.86 bits per heavy atom. The van der Waals surface area contributed by atoms with Crippen molar-refractivity contribution in [3.05, 3.63) is 94.8 Å². The molecule has 0 spiro atoms. The van der Waals surface area contributed by atoms with E-state index in [2.05, 4.69) is 22.4 Å². The van der Waals surface area contributed by atoms with Crippen LogP contribution in [0.1, 0.15) is 45.6 Å². The summed E-state index contributed by atoms with van der Waals surface area (Å²) in [6.45, 7) is 0.891. The van der Waals surface area contributed by atoms with Gasteiger partial charge in [0.15, 0.2) is 0 Å². The Labute approximate surface area is 165 Å². The van der Waals surface area contributed by atoms with Crippen molar-refractivity contribution in [2.45, 2.75) is 38.8 Å². The van der Waals surface area contributed by atoms with Crippen LogP contribution >= 0.6 is 0 Å². The molecule has 1 N–H and O–H groups in total. The van der Waals surface area contributed by atoms with Crippen molar-refractivity contribution in [1.82, 2.24) is 10.3 Å². The number of pyridine rings is 1. The van der Waals surface area contributed by atoms with Crippen molar-refractivity contribution < 1.29 is 9.53 Å². The molecule has 2 aromatic carbocycles. The number of aromatic nitrogens is 1. The van der Waals surface area contributed by atoms with E-state index in [1.54, 1.807) is 6.20 Å². The molecule has 0 aliphatic heterocycles. The van der Waals surface area contributed by atoms with Crippen LogP contribution in [0.25, 0.3) is 0 Å². The molecule has 1 aromatic heterocycles. The Kier molecular flexibility index (Phi) is 5.66. The van der Waals surface area contributed by atoms with E-state index in [9.17, 15) is 4.79 Å². The first-order valence-electron chi connectivity index (χ1n) is 9.79. The standard InChI is InChI=1S/C24H24N2O2/c27-24(21-12-11-19-7-1-2-8-20(19)15-21)26-16-18-6-5-10-23(14-18)28-17-22-9-3-4-13-25-22/h3-6,9-15H,1-2,7-8,16-17H2,(H,26,27). The van der Waals surface area contributed by atoms with Crippen molar-refractivity contribution >= 4 is 5.91 Å². The van der Waals surface area contributed by atoms with Gasteiger partial charge in [-0.15, -0.1) is 0 Å². The van der Waals surface area contributed by atoms with Gasteiger partial charge in [-0.1, -0.05) is 24.3 Å². The fourth-order valence-electron chi connectivity index (χ4n) is 3.55. The zero-order valence-corrected chi connectivity index (χ0v) is 15.9. The molecule has 0 saturated heterocycles. The highest BCUT2D eigenvalue weighted by Gasteiger charge is 2.12. The number of ether oxygens (including phenoxy) is 1. The molecule has 4 heteroatoms. The summed E-state index contributed by atoms with van der Waals surface area (Å²) < 4.78 is 5.81. The molecule has 0 radical (unpaired) electrons. The quantitative estimate of drug-likeness (QED) is 0.695. The Morgan fingerprint density at radius 1 is 0.964 bits per heavy atom. The van der Waals surface area contributed by atoms with Gasteiger partial charge in [-0.3, -0.25) is 9.78 Å². The number of fused-ring (bicyclic) bond motifs is 1. The SMILES string of the molecule is O=C(NCc1cccc(OCc2ccccn2)c1)c1ccc2c(c1)CCCC2. The molecule has 0 fully saturated rings. The van der Waals surface area contributed by atoms with Crippen LogP contribution < -0.4 is 10.1 Å². The molecule has 142 valence electrons. The summed E-state index contributed by atoms with van der Waals surface area (Å²) in [4.78, 5) is 16.8. The summed E-state index contributed by atoms with van der Waals surface area (Å²) in [5, 5.41) is 3.02. The summed E-state index contributed by atoms with van der Waals surface area (Å²) in [5.41, 5.74) is 5.34. The van der Waals surface area contributed by atoms with Gasteiger partial charge < -0.3 is 10.1 Å². The minimum atomic E-state index is -0.0341. The van der Waals surface area contributed by atoms with Crippen LogP contribution in [0.4, 0.5) is 0 Å². The first kappa shape index (κ1) is 18.2. The molecule has 1 aliphatic rings. The molecular formula is C24H24N2O2. The summed E-state index contributed by atoms with van der Waals surface area (Å²) in [6.07, 6.45) is 6.42. The second-order valence-electron chi connectivity index (χ2n) is 7.13. The molecule has 0 atom stereocenters. The summed E-state index contributed by atoms with van der Waals surface area (Å²) in [7, 11) is 0. The van der Waals surface area contributed by atoms with Gasteiger partial charge in [0.2, 0.25) is 0 Å². The molecule has 4 nitrogen and oxygen atoms in total. The normalized spacial score (nSPS) is 12.9. The number of aryl methyl sites for hydroxylation is 2. The smallest absolute Gasteiger partial charge is 0.251 e. The highest BCUT2D eigenvalue weighted by molar-refractivity contribution is 5.94. The molecule has 0 unspecified atom stereocenters. The minimum Gasteiger partial charge on any atom is -0.487 e. The molecule has 1 aliphatic carbocycles. The fourth-order valence-corrected chi connectivity index (χ4v) is 3.55. The van der Waals surface area contributed by atoms with Crippen molar-refractivity contribution in [3.63, 3.8) is 0 Å². The Morgan fingerprint density at radius 3 is 2.71 bits per heavy atom. The van der Waals surface area contributed by atoms with Crippen molar-refractivity contribution in [3.8, 4) is 5.75 Å². The highest BCUT2D eigenvalue weighted by atomic mass is 16.5. The molecule has 1 amide bonds. The van der Waals surface area contributed by atoms with Crippen molar-refractivity contribution in [2.75, 3.05) is 0 Å². The zero-order chi connectivity index (χ0) is 19.2. The Balaban J connectivity index is 1.35. The molecule has 0 saturated carbocycles. The van der Waals surface area contributed by atoms with Crippen molar-refractivity contribution in [2.24, 2.45) is 0 Å². The number of nitrogens with zero attached hydrogens (tertiary/aromatic N) is 1. The molecular weight excluding hydrogens is 348 g/mol. The number of nitrogens with one attached hydrogen (secondary N) is 1. The van der Waals surface area contributed by atoms with E-state index in [1.165, 1.54) is 24.0 Å². The van der Waals surface area contributed by atoms with Crippen molar-refractivity contribution in [1.29, 1.82) is 0 Å². The lowest BCUT2D eigenvalue weighted by atomic mass is 9.90. The number of hydrogen-bond donors (Lipinski definition) is 1. The second-order valence-corrected chi connectivity index (χ2v) is 7.13. The van der Waals surface area contributed by atoms with Gasteiger partial charge >= 0.3 is 0 Å². The van der Waals surface area contributed by atoms with Crippen LogP contribution in [-0.4, -0.2) is 10.9 Å². The minimum absolute atomic E-state index is 0.0341. The molecule has 3 aromatic rings. The van der Waals surface area contributed by atoms with Crippen LogP contribution in [0.3, 0.4) is 0 Å². The third-order valence-electron chi connectivity index (χ3n) is 5.08. The number of rotatable bonds is 6. The van der Waals surface area contributed by atoms with E-state index in [0.717, 1.165) is 35.4 Å². The van der Waals surface area contributed by atoms with E-state index >= 15 is 0 Å². The molecule has 0 bridgehead atoms. The number of carbonyl (C=O) groups excluding carboxylic acids is 1. The first-order valence-corrected chi connectivity index (χ1v) is 9.79. The first-order chi connectivity index (χ1) is 13.8. The summed E-state index contributed by atoms with van der Waals surface area (Å²) in [6, 6.07) is 19.6.